The van der Waals surface area contributed by atoms with E-state index in [0.717, 1.165) is 28.2 Å². The minimum absolute atomic E-state index is 0.106. The Hall–Kier alpha value is -2.26. The van der Waals surface area contributed by atoms with Crippen molar-refractivity contribution >= 4 is 39.1 Å². The highest BCUT2D eigenvalue weighted by Gasteiger charge is 2.31. The number of nitrogens with zero attached hydrogens (tertiary/aromatic N) is 3. The first-order valence-electron chi connectivity index (χ1n) is 9.10. The molecule has 1 aliphatic rings. The Balaban J connectivity index is 1.67. The van der Waals surface area contributed by atoms with Crippen LogP contribution in [0.25, 0.3) is 0 Å². The first-order valence-corrected chi connectivity index (χ1v) is 11.3. The lowest BCUT2D eigenvalue weighted by Gasteiger charge is -2.11. The molecule has 1 saturated heterocycles. The lowest BCUT2D eigenvalue weighted by molar-refractivity contribution is 0.486. The second-order valence-corrected chi connectivity index (χ2v) is 9.79. The van der Waals surface area contributed by atoms with E-state index in [2.05, 4.69) is 20.9 Å². The number of benzene rings is 1. The number of hydrogen-bond acceptors (Lipinski definition) is 5. The van der Waals surface area contributed by atoms with Crippen LogP contribution in [-0.4, -0.2) is 41.0 Å². The number of anilines is 1. The van der Waals surface area contributed by atoms with Gasteiger partial charge in [0.2, 0.25) is 0 Å². The summed E-state index contributed by atoms with van der Waals surface area (Å²) < 4.78 is 25.3. The molecule has 150 valence electrons. The fourth-order valence-corrected chi connectivity index (χ4v) is 5.23. The van der Waals surface area contributed by atoms with Crippen molar-refractivity contribution in [3.63, 3.8) is 0 Å². The van der Waals surface area contributed by atoms with E-state index in [1.807, 2.05) is 50.6 Å². The van der Waals surface area contributed by atoms with Gasteiger partial charge in [0.1, 0.15) is 0 Å². The van der Waals surface area contributed by atoms with Gasteiger partial charge in [-0.2, -0.15) is 10.2 Å². The normalized spacial score (nSPS) is 18.5. The topological polar surface area (TPSA) is 88.4 Å². The van der Waals surface area contributed by atoms with Gasteiger partial charge >= 0.3 is 0 Å². The Labute approximate surface area is 171 Å². The van der Waals surface area contributed by atoms with Gasteiger partial charge in [0, 0.05) is 16.9 Å². The zero-order chi connectivity index (χ0) is 20.5. The largest absolute Gasteiger partial charge is 0.331 e. The third-order valence-corrected chi connectivity index (χ3v) is 7.09. The van der Waals surface area contributed by atoms with Crippen LogP contribution in [0.5, 0.6) is 0 Å². The van der Waals surface area contributed by atoms with Crippen LogP contribution in [0, 0.1) is 27.7 Å². The van der Waals surface area contributed by atoms with Crippen molar-refractivity contribution in [2.45, 2.75) is 40.2 Å². The van der Waals surface area contributed by atoms with E-state index in [0.29, 0.717) is 11.5 Å². The third-order valence-electron chi connectivity index (χ3n) is 5.15. The van der Waals surface area contributed by atoms with E-state index in [-0.39, 0.29) is 17.5 Å². The van der Waals surface area contributed by atoms with Crippen molar-refractivity contribution in [3.05, 3.63) is 46.3 Å². The van der Waals surface area contributed by atoms with Crippen molar-refractivity contribution < 1.29 is 8.42 Å². The molecule has 0 bridgehead atoms. The predicted octanol–water partition coefficient (Wildman–Crippen LogP) is 2.80. The number of rotatable bonds is 4. The summed E-state index contributed by atoms with van der Waals surface area (Å²) in [6.45, 7) is 7.90. The zero-order valence-electron chi connectivity index (χ0n) is 16.5. The number of aryl methyl sites for hydroxylation is 2. The molecule has 0 aliphatic carbocycles. The van der Waals surface area contributed by atoms with Gasteiger partial charge in [-0.1, -0.05) is 12.1 Å². The monoisotopic (exact) mass is 419 g/mol. The van der Waals surface area contributed by atoms with Crippen LogP contribution >= 0.6 is 12.2 Å². The maximum Gasteiger partial charge on any atom is 0.191 e. The molecule has 1 atom stereocenters. The SMILES string of the molecule is Cc1cccc(NC(=S)N/N=C\c2c(C)nn([C@@H]3CCS(=O)(=O)C3)c2C)c1C. The van der Waals surface area contributed by atoms with E-state index < -0.39 is 9.84 Å². The molecule has 0 amide bonds. The molecule has 0 radical (unpaired) electrons. The van der Waals surface area contributed by atoms with E-state index >= 15 is 0 Å². The number of hydrogen-bond donors (Lipinski definition) is 2. The highest BCUT2D eigenvalue weighted by molar-refractivity contribution is 7.91. The summed E-state index contributed by atoms with van der Waals surface area (Å²) in [5.41, 5.74) is 8.66. The van der Waals surface area contributed by atoms with Crippen LogP contribution < -0.4 is 10.7 Å². The van der Waals surface area contributed by atoms with Gasteiger partial charge in [-0.3, -0.25) is 10.1 Å². The highest BCUT2D eigenvalue weighted by atomic mass is 32.2. The van der Waals surface area contributed by atoms with Crippen LogP contribution in [0.1, 0.15) is 40.5 Å². The summed E-state index contributed by atoms with van der Waals surface area (Å²) in [6, 6.07) is 5.88. The molecule has 2 N–H and O–H groups in total. The van der Waals surface area contributed by atoms with Gasteiger partial charge < -0.3 is 5.32 Å². The first-order chi connectivity index (χ1) is 13.2. The van der Waals surface area contributed by atoms with E-state index in [4.69, 9.17) is 12.2 Å². The number of nitrogens with one attached hydrogen (secondary N) is 2. The average Bonchev–Trinajstić information content (AvgIpc) is 3.12. The smallest absolute Gasteiger partial charge is 0.191 e. The summed E-state index contributed by atoms with van der Waals surface area (Å²) in [7, 11) is -2.96. The van der Waals surface area contributed by atoms with Crippen molar-refractivity contribution in [1.82, 2.24) is 15.2 Å². The van der Waals surface area contributed by atoms with Crippen molar-refractivity contribution in [3.8, 4) is 0 Å². The maximum absolute atomic E-state index is 11.8. The molecule has 2 aromatic rings. The number of hydrazone groups is 1. The molecule has 1 aromatic carbocycles. The van der Waals surface area contributed by atoms with Gasteiger partial charge in [0.25, 0.3) is 0 Å². The number of thiocarbonyl (C=S) groups is 1. The fourth-order valence-electron chi connectivity index (χ4n) is 3.38. The minimum atomic E-state index is -2.96. The van der Waals surface area contributed by atoms with E-state index in [9.17, 15) is 8.42 Å². The zero-order valence-corrected chi connectivity index (χ0v) is 18.1. The summed E-state index contributed by atoms with van der Waals surface area (Å²) >= 11 is 5.31. The van der Waals surface area contributed by atoms with Gasteiger partial charge in [0.15, 0.2) is 14.9 Å². The van der Waals surface area contributed by atoms with E-state index in [1.165, 1.54) is 5.56 Å². The molecular weight excluding hydrogens is 394 g/mol. The molecule has 0 spiro atoms. The third kappa shape index (κ3) is 4.41. The second kappa shape index (κ2) is 8.00. The first kappa shape index (κ1) is 20.5. The Kier molecular flexibility index (Phi) is 5.85. The van der Waals surface area contributed by atoms with E-state index in [1.54, 1.807) is 6.21 Å². The lowest BCUT2D eigenvalue weighted by atomic mass is 10.1. The summed E-state index contributed by atoms with van der Waals surface area (Å²) in [4.78, 5) is 0. The Morgan fingerprint density at radius 2 is 2.07 bits per heavy atom. The quantitative estimate of drug-likeness (QED) is 0.450. The molecule has 1 aliphatic heterocycles. The lowest BCUT2D eigenvalue weighted by Crippen LogP contribution is -2.24. The summed E-state index contributed by atoms with van der Waals surface area (Å²) in [5.74, 6) is 0.368. The van der Waals surface area contributed by atoms with Gasteiger partial charge in [-0.25, -0.2) is 8.42 Å². The average molecular weight is 420 g/mol. The molecule has 0 saturated carbocycles. The molecule has 1 aromatic heterocycles. The molecule has 1 fully saturated rings. The fraction of sp³-hybridized carbons (Fsp3) is 0.421. The molecule has 7 nitrogen and oxygen atoms in total. The summed E-state index contributed by atoms with van der Waals surface area (Å²) in [6.07, 6.45) is 2.28. The molecule has 0 unspecified atom stereocenters. The van der Waals surface area contributed by atoms with Crippen LogP contribution in [0.15, 0.2) is 23.3 Å². The second-order valence-electron chi connectivity index (χ2n) is 7.16. The molecular formula is C19H25N5O2S2. The van der Waals surface area contributed by atoms with Crippen LogP contribution in [0.4, 0.5) is 5.69 Å². The van der Waals surface area contributed by atoms with Crippen molar-refractivity contribution in [1.29, 1.82) is 0 Å². The highest BCUT2D eigenvalue weighted by Crippen LogP contribution is 2.26. The van der Waals surface area contributed by atoms with Crippen molar-refractivity contribution in [2.75, 3.05) is 16.8 Å². The number of sulfone groups is 1. The van der Waals surface area contributed by atoms with Gasteiger partial charge in [-0.05, 0) is 63.5 Å². The van der Waals surface area contributed by atoms with Gasteiger partial charge in [0.05, 0.1) is 29.5 Å². The molecule has 9 heteroatoms. The molecule has 2 heterocycles. The Morgan fingerprint density at radius 1 is 1.32 bits per heavy atom. The predicted molar refractivity (Wildman–Crippen MR) is 117 cm³/mol. The van der Waals surface area contributed by atoms with Crippen LogP contribution in [-0.2, 0) is 9.84 Å². The maximum atomic E-state index is 11.8. The minimum Gasteiger partial charge on any atom is -0.331 e. The Morgan fingerprint density at radius 3 is 2.75 bits per heavy atom. The number of aromatic nitrogens is 2. The van der Waals surface area contributed by atoms with Crippen molar-refractivity contribution in [2.24, 2.45) is 5.10 Å². The van der Waals surface area contributed by atoms with Crippen LogP contribution in [0.3, 0.4) is 0 Å². The van der Waals surface area contributed by atoms with Crippen LogP contribution in [0.2, 0.25) is 0 Å². The molecule has 28 heavy (non-hydrogen) atoms. The standard InChI is InChI=1S/C19H25N5O2S2/c1-12-6-5-7-18(13(12)2)21-19(27)22-20-10-17-14(3)23-24(15(17)4)16-8-9-28(25,26)11-16/h5-7,10,16H,8-9,11H2,1-4H3,(H2,21,22,27)/b20-10-/t16-/m1/s1. The molecule has 3 rings (SSSR count). The Bertz CT molecular complexity index is 1040. The summed E-state index contributed by atoms with van der Waals surface area (Å²) in [5, 5.41) is 12.3. The van der Waals surface area contributed by atoms with Gasteiger partial charge in [-0.15, -0.1) is 0 Å².